The van der Waals surface area contributed by atoms with E-state index in [1.54, 1.807) is 20.2 Å². The van der Waals surface area contributed by atoms with Gasteiger partial charge in [-0.2, -0.15) is 0 Å². The van der Waals surface area contributed by atoms with E-state index >= 15 is 4.39 Å². The number of nitrogens with zero attached hydrogens (tertiary/aromatic N) is 3. The van der Waals surface area contributed by atoms with Gasteiger partial charge in [0.25, 0.3) is 0 Å². The molecule has 2 aromatic heterocycles. The van der Waals surface area contributed by atoms with Crippen molar-refractivity contribution < 1.29 is 23.5 Å². The Labute approximate surface area is 211 Å². The van der Waals surface area contributed by atoms with Gasteiger partial charge >= 0.3 is 0 Å². The van der Waals surface area contributed by atoms with Crippen molar-refractivity contribution >= 4 is 5.82 Å². The van der Waals surface area contributed by atoms with Gasteiger partial charge in [-0.25, -0.2) is 14.4 Å². The number of aliphatic hydroxyl groups excluding tert-OH is 1. The number of hydrogen-bond donors (Lipinski definition) is 3. The van der Waals surface area contributed by atoms with Crippen LogP contribution in [0, 0.1) is 26.6 Å². The molecular formula is C26H36FN5O4. The van der Waals surface area contributed by atoms with Crippen LogP contribution >= 0.6 is 0 Å². The number of nitrogens with one attached hydrogen (secondary N) is 2. The van der Waals surface area contributed by atoms with Crippen LogP contribution in [0.2, 0.25) is 0 Å². The molecule has 0 spiro atoms. The van der Waals surface area contributed by atoms with Gasteiger partial charge in [0, 0.05) is 25.8 Å². The predicted octanol–water partition coefficient (Wildman–Crippen LogP) is 4.05. The highest BCUT2D eigenvalue weighted by atomic mass is 19.1. The lowest BCUT2D eigenvalue weighted by atomic mass is 10.0. The lowest BCUT2D eigenvalue weighted by molar-refractivity contribution is 0.0184. The number of halogens is 1. The molecule has 0 unspecified atom stereocenters. The average Bonchev–Trinajstić information content (AvgIpc) is 3.17. The first-order valence-electron chi connectivity index (χ1n) is 11.9. The Morgan fingerprint density at radius 2 is 1.94 bits per heavy atom. The summed E-state index contributed by atoms with van der Waals surface area (Å²) in [7, 11) is 3.42. The van der Waals surface area contributed by atoms with E-state index in [9.17, 15) is 5.11 Å². The third kappa shape index (κ3) is 6.57. The smallest absolute Gasteiger partial charge is 0.165 e. The van der Waals surface area contributed by atoms with Crippen molar-refractivity contribution in [1.82, 2.24) is 20.4 Å². The van der Waals surface area contributed by atoms with Crippen LogP contribution in [0.5, 0.6) is 5.75 Å². The molecule has 0 amide bonds. The molecule has 0 aliphatic carbocycles. The molecule has 36 heavy (non-hydrogen) atoms. The molecule has 0 bridgehead atoms. The van der Waals surface area contributed by atoms with Gasteiger partial charge in [0.2, 0.25) is 0 Å². The summed E-state index contributed by atoms with van der Waals surface area (Å²) in [6.45, 7) is 10.6. The normalized spacial score (nSPS) is 12.6. The van der Waals surface area contributed by atoms with Gasteiger partial charge < -0.3 is 29.7 Å². The average molecular weight is 502 g/mol. The van der Waals surface area contributed by atoms with Crippen molar-refractivity contribution in [2.75, 3.05) is 39.2 Å². The summed E-state index contributed by atoms with van der Waals surface area (Å²) in [5, 5.41) is 20.3. The van der Waals surface area contributed by atoms with Gasteiger partial charge in [0.1, 0.15) is 35.9 Å². The molecule has 0 aliphatic rings. The highest BCUT2D eigenvalue weighted by Crippen LogP contribution is 2.34. The Hall–Kier alpha value is -3.08. The zero-order valence-corrected chi connectivity index (χ0v) is 22.0. The zero-order chi connectivity index (χ0) is 26.5. The number of methoxy groups -OCH3 is 1. The molecule has 3 aromatic rings. The van der Waals surface area contributed by atoms with Crippen LogP contribution in [0.1, 0.15) is 37.3 Å². The quantitative estimate of drug-likeness (QED) is 0.338. The maximum Gasteiger partial charge on any atom is 0.165 e. The standard InChI is InChI=1S/C26H36FN5O4/c1-15-23(22-16(2)32-36-17(22)3)30-25(31-24(15)29-11-10-26(4,5)34-7)20-12-19(8-9-21(20)27)35-14-18(33)13-28-6/h8-9,12,18,28,33H,10-11,13-14H2,1-7H3,(H,29,30,31)/t18-/m0/s1. The highest BCUT2D eigenvalue weighted by molar-refractivity contribution is 5.74. The minimum Gasteiger partial charge on any atom is -0.491 e. The molecule has 0 fully saturated rings. The Morgan fingerprint density at radius 3 is 2.58 bits per heavy atom. The van der Waals surface area contributed by atoms with Crippen molar-refractivity contribution in [2.45, 2.75) is 52.7 Å². The summed E-state index contributed by atoms with van der Waals surface area (Å²) < 4.78 is 31.6. The topological polar surface area (TPSA) is 115 Å². The third-order valence-electron chi connectivity index (χ3n) is 6.05. The molecule has 1 aromatic carbocycles. The number of rotatable bonds is 12. The van der Waals surface area contributed by atoms with Gasteiger partial charge in [0.05, 0.1) is 28.1 Å². The molecular weight excluding hydrogens is 465 g/mol. The fourth-order valence-electron chi connectivity index (χ4n) is 3.71. The molecule has 1 atom stereocenters. The van der Waals surface area contributed by atoms with Crippen molar-refractivity contribution in [2.24, 2.45) is 0 Å². The summed E-state index contributed by atoms with van der Waals surface area (Å²) in [4.78, 5) is 9.41. The molecule has 0 aliphatic heterocycles. The Bertz CT molecular complexity index is 1160. The van der Waals surface area contributed by atoms with E-state index in [1.165, 1.54) is 12.1 Å². The summed E-state index contributed by atoms with van der Waals surface area (Å²) in [6, 6.07) is 4.36. The number of ether oxygens (including phenoxy) is 2. The number of anilines is 1. The van der Waals surface area contributed by atoms with E-state index in [0.717, 1.165) is 17.5 Å². The molecule has 196 valence electrons. The SMILES string of the molecule is CNC[C@H](O)COc1ccc(F)c(-c2nc(NCCC(C)(C)OC)c(C)c(-c3c(C)noc3C)n2)c1. The highest BCUT2D eigenvalue weighted by Gasteiger charge is 2.22. The molecule has 0 radical (unpaired) electrons. The summed E-state index contributed by atoms with van der Waals surface area (Å²) in [5.41, 5.74) is 2.72. The largest absolute Gasteiger partial charge is 0.491 e. The first kappa shape index (κ1) is 27.5. The van der Waals surface area contributed by atoms with Gasteiger partial charge in [-0.15, -0.1) is 0 Å². The van der Waals surface area contributed by atoms with Crippen molar-refractivity contribution in [3.05, 3.63) is 41.0 Å². The number of hydrogen-bond acceptors (Lipinski definition) is 9. The number of likely N-dealkylation sites (N-methyl/N-ethyl adjacent to an activating group) is 1. The summed E-state index contributed by atoms with van der Waals surface area (Å²) >= 11 is 0. The van der Waals surface area contributed by atoms with Gasteiger partial charge in [-0.1, -0.05) is 5.16 Å². The monoisotopic (exact) mass is 501 g/mol. The molecule has 3 rings (SSSR count). The van der Waals surface area contributed by atoms with Gasteiger partial charge in [-0.3, -0.25) is 0 Å². The summed E-state index contributed by atoms with van der Waals surface area (Å²) in [5.74, 6) is 1.31. The number of aromatic nitrogens is 3. The summed E-state index contributed by atoms with van der Waals surface area (Å²) in [6.07, 6.45) is 0.0349. The lowest BCUT2D eigenvalue weighted by Gasteiger charge is -2.23. The Morgan fingerprint density at radius 1 is 1.19 bits per heavy atom. The van der Waals surface area contributed by atoms with E-state index < -0.39 is 11.9 Å². The molecule has 3 N–H and O–H groups in total. The van der Waals surface area contributed by atoms with Gasteiger partial charge in [-0.05, 0) is 66.3 Å². The van der Waals surface area contributed by atoms with Crippen LogP contribution in [0.25, 0.3) is 22.6 Å². The molecule has 0 saturated heterocycles. The first-order chi connectivity index (χ1) is 17.1. The van der Waals surface area contributed by atoms with Crippen LogP contribution in [0.15, 0.2) is 22.7 Å². The first-order valence-corrected chi connectivity index (χ1v) is 11.9. The van der Waals surface area contributed by atoms with Crippen LogP contribution in [0.4, 0.5) is 10.2 Å². The second kappa shape index (κ2) is 11.8. The Balaban J connectivity index is 2.04. The molecule has 0 saturated carbocycles. The van der Waals surface area contributed by atoms with Crippen LogP contribution in [-0.2, 0) is 4.74 Å². The number of aliphatic hydroxyl groups is 1. The van der Waals surface area contributed by atoms with E-state index in [1.807, 2.05) is 34.6 Å². The van der Waals surface area contributed by atoms with Crippen molar-refractivity contribution in [1.29, 1.82) is 0 Å². The fraction of sp³-hybridized carbons (Fsp3) is 0.500. The molecule has 9 nitrogen and oxygen atoms in total. The predicted molar refractivity (Wildman–Crippen MR) is 137 cm³/mol. The van der Waals surface area contributed by atoms with Crippen LogP contribution in [0.3, 0.4) is 0 Å². The minimum absolute atomic E-state index is 0.0626. The van der Waals surface area contributed by atoms with E-state index in [0.29, 0.717) is 41.8 Å². The maximum atomic E-state index is 15.0. The van der Waals surface area contributed by atoms with E-state index in [2.05, 4.69) is 20.8 Å². The van der Waals surface area contributed by atoms with Crippen molar-refractivity contribution in [3.63, 3.8) is 0 Å². The lowest BCUT2D eigenvalue weighted by Crippen LogP contribution is -2.29. The molecule has 10 heteroatoms. The maximum absolute atomic E-state index is 15.0. The van der Waals surface area contributed by atoms with Crippen LogP contribution < -0.4 is 15.4 Å². The second-order valence-electron chi connectivity index (χ2n) is 9.37. The van der Waals surface area contributed by atoms with E-state index in [4.69, 9.17) is 19.0 Å². The third-order valence-corrected chi connectivity index (χ3v) is 6.05. The second-order valence-corrected chi connectivity index (χ2v) is 9.37. The Kier molecular flexibility index (Phi) is 8.99. The van der Waals surface area contributed by atoms with E-state index in [-0.39, 0.29) is 23.6 Å². The van der Waals surface area contributed by atoms with Gasteiger partial charge in [0.15, 0.2) is 5.82 Å². The number of aryl methyl sites for hydroxylation is 2. The number of benzene rings is 1. The fourth-order valence-corrected chi connectivity index (χ4v) is 3.71. The van der Waals surface area contributed by atoms with Crippen molar-refractivity contribution in [3.8, 4) is 28.4 Å². The minimum atomic E-state index is -0.697. The zero-order valence-electron chi connectivity index (χ0n) is 22.0. The molecule has 2 heterocycles. The van der Waals surface area contributed by atoms with Crippen LogP contribution in [-0.4, -0.2) is 65.8 Å².